The topological polar surface area (TPSA) is 79.5 Å². The fraction of sp³-hybridized carbons (Fsp3) is 0.100. The van der Waals surface area contributed by atoms with E-state index in [1.165, 1.54) is 30.3 Å². The molecular formula is C20H16FNO4. The zero-order valence-electron chi connectivity index (χ0n) is 13.7. The zero-order chi connectivity index (χ0) is 18.7. The van der Waals surface area contributed by atoms with E-state index in [-0.39, 0.29) is 23.6 Å². The zero-order valence-corrected chi connectivity index (χ0v) is 13.7. The molecular weight excluding hydrogens is 337 g/mol. The molecule has 0 fully saturated rings. The quantitative estimate of drug-likeness (QED) is 0.739. The summed E-state index contributed by atoms with van der Waals surface area (Å²) in [6, 6.07) is 13.5. The number of nitrogens with zero attached hydrogens (tertiary/aromatic N) is 1. The van der Waals surface area contributed by atoms with Gasteiger partial charge >= 0.3 is 5.97 Å². The number of benzene rings is 2. The first-order valence-electron chi connectivity index (χ1n) is 7.92. The Morgan fingerprint density at radius 3 is 2.19 bits per heavy atom. The lowest BCUT2D eigenvalue weighted by atomic mass is 10.1. The average Bonchev–Trinajstić information content (AvgIpc) is 2.63. The number of aromatic carboxylic acids is 1. The van der Waals surface area contributed by atoms with Gasteiger partial charge in [-0.25, -0.2) is 9.18 Å². The van der Waals surface area contributed by atoms with Gasteiger partial charge in [-0.2, -0.15) is 0 Å². The van der Waals surface area contributed by atoms with Gasteiger partial charge in [-0.1, -0.05) is 24.3 Å². The fourth-order valence-electron chi connectivity index (χ4n) is 2.68. The Labute approximate surface area is 148 Å². The molecule has 3 rings (SSSR count). The molecule has 132 valence electrons. The van der Waals surface area contributed by atoms with Crippen LogP contribution in [0.25, 0.3) is 0 Å². The molecule has 0 atom stereocenters. The number of halogens is 1. The average molecular weight is 353 g/mol. The van der Waals surface area contributed by atoms with Gasteiger partial charge < -0.3 is 14.8 Å². The van der Waals surface area contributed by atoms with Crippen molar-refractivity contribution in [3.8, 4) is 5.75 Å². The van der Waals surface area contributed by atoms with E-state index in [9.17, 15) is 19.1 Å². The van der Waals surface area contributed by atoms with E-state index in [0.29, 0.717) is 12.2 Å². The van der Waals surface area contributed by atoms with Crippen molar-refractivity contribution in [2.24, 2.45) is 0 Å². The number of carbonyl (C=O) groups is 1. The Kier molecular flexibility index (Phi) is 4.84. The standard InChI is InChI=1S/C20H16FNO4/c21-16-7-3-13(4-8-16)11-17-19(24)18(23)9-10-22(17)12-14-1-5-15(6-2-14)20(25)26/h1-10,24H,11-12H2,(H,25,26). The highest BCUT2D eigenvalue weighted by Crippen LogP contribution is 2.19. The van der Waals surface area contributed by atoms with Crippen LogP contribution in [0, 0.1) is 5.82 Å². The summed E-state index contributed by atoms with van der Waals surface area (Å²) in [6.07, 6.45) is 1.83. The van der Waals surface area contributed by atoms with Crippen LogP contribution in [0.2, 0.25) is 0 Å². The maximum atomic E-state index is 13.1. The molecule has 26 heavy (non-hydrogen) atoms. The van der Waals surface area contributed by atoms with E-state index >= 15 is 0 Å². The number of hydrogen-bond donors (Lipinski definition) is 2. The number of aromatic nitrogens is 1. The number of rotatable bonds is 5. The molecule has 0 spiro atoms. The molecule has 1 heterocycles. The highest BCUT2D eigenvalue weighted by atomic mass is 19.1. The van der Waals surface area contributed by atoms with E-state index in [1.807, 2.05) is 0 Å². The largest absolute Gasteiger partial charge is 0.503 e. The molecule has 5 nitrogen and oxygen atoms in total. The molecule has 0 radical (unpaired) electrons. The first-order chi connectivity index (χ1) is 12.4. The molecule has 0 bridgehead atoms. The minimum atomic E-state index is -1.01. The Morgan fingerprint density at radius 2 is 1.58 bits per heavy atom. The summed E-state index contributed by atoms with van der Waals surface area (Å²) in [7, 11) is 0. The SMILES string of the molecule is O=C(O)c1ccc(Cn2ccc(=O)c(O)c2Cc2ccc(F)cc2)cc1. The third kappa shape index (κ3) is 3.80. The van der Waals surface area contributed by atoms with Crippen LogP contribution in [0.3, 0.4) is 0 Å². The molecule has 0 saturated heterocycles. The molecule has 2 N–H and O–H groups in total. The van der Waals surface area contributed by atoms with Gasteiger partial charge in [0.05, 0.1) is 11.3 Å². The van der Waals surface area contributed by atoms with Crippen LogP contribution in [0.4, 0.5) is 4.39 Å². The van der Waals surface area contributed by atoms with Gasteiger partial charge in [0.2, 0.25) is 5.43 Å². The van der Waals surface area contributed by atoms with Gasteiger partial charge in [-0.3, -0.25) is 4.79 Å². The van der Waals surface area contributed by atoms with Crippen LogP contribution in [-0.4, -0.2) is 20.7 Å². The lowest BCUT2D eigenvalue weighted by Gasteiger charge is -2.15. The van der Waals surface area contributed by atoms with E-state index in [2.05, 4.69) is 0 Å². The predicted octanol–water partition coefficient (Wildman–Crippen LogP) is 3.03. The minimum Gasteiger partial charge on any atom is -0.503 e. The second kappa shape index (κ2) is 7.23. The van der Waals surface area contributed by atoms with Crippen molar-refractivity contribution in [1.29, 1.82) is 0 Å². The third-order valence-corrected chi connectivity index (χ3v) is 4.10. The normalized spacial score (nSPS) is 10.7. The van der Waals surface area contributed by atoms with Crippen LogP contribution in [0.15, 0.2) is 65.6 Å². The second-order valence-electron chi connectivity index (χ2n) is 5.91. The van der Waals surface area contributed by atoms with Gasteiger partial charge in [0, 0.05) is 25.2 Å². The number of carboxylic acids is 1. The highest BCUT2D eigenvalue weighted by molar-refractivity contribution is 5.87. The van der Waals surface area contributed by atoms with Crippen LogP contribution in [-0.2, 0) is 13.0 Å². The second-order valence-corrected chi connectivity index (χ2v) is 5.91. The molecule has 6 heteroatoms. The van der Waals surface area contributed by atoms with Gasteiger partial charge in [0.25, 0.3) is 0 Å². The van der Waals surface area contributed by atoms with Crippen molar-refractivity contribution in [1.82, 2.24) is 4.57 Å². The smallest absolute Gasteiger partial charge is 0.335 e. The fourth-order valence-corrected chi connectivity index (χ4v) is 2.68. The Balaban J connectivity index is 1.93. The Bertz CT molecular complexity index is 992. The lowest BCUT2D eigenvalue weighted by Crippen LogP contribution is -2.14. The van der Waals surface area contributed by atoms with Crippen LogP contribution in [0.5, 0.6) is 5.75 Å². The summed E-state index contributed by atoms with van der Waals surface area (Å²) in [5.74, 6) is -1.71. The predicted molar refractivity (Wildman–Crippen MR) is 94.1 cm³/mol. The first-order valence-corrected chi connectivity index (χ1v) is 7.92. The summed E-state index contributed by atoms with van der Waals surface area (Å²) in [4.78, 5) is 22.8. The van der Waals surface area contributed by atoms with E-state index in [4.69, 9.17) is 5.11 Å². The van der Waals surface area contributed by atoms with Gasteiger partial charge in [0.15, 0.2) is 5.75 Å². The Hall–Kier alpha value is -3.41. The van der Waals surface area contributed by atoms with E-state index in [0.717, 1.165) is 11.1 Å². The van der Waals surface area contributed by atoms with Crippen LogP contribution < -0.4 is 5.43 Å². The maximum Gasteiger partial charge on any atom is 0.335 e. The number of hydrogen-bond acceptors (Lipinski definition) is 3. The molecule has 0 aliphatic heterocycles. The van der Waals surface area contributed by atoms with E-state index < -0.39 is 11.4 Å². The number of aromatic hydroxyl groups is 1. The minimum absolute atomic E-state index is 0.183. The molecule has 1 aromatic heterocycles. The maximum absolute atomic E-state index is 13.1. The van der Waals surface area contributed by atoms with E-state index in [1.54, 1.807) is 35.0 Å². The Morgan fingerprint density at radius 1 is 0.962 bits per heavy atom. The monoisotopic (exact) mass is 353 g/mol. The summed E-state index contributed by atoms with van der Waals surface area (Å²) in [5.41, 5.74) is 1.68. The summed E-state index contributed by atoms with van der Waals surface area (Å²) in [5, 5.41) is 19.2. The molecule has 0 amide bonds. The lowest BCUT2D eigenvalue weighted by molar-refractivity contribution is 0.0697. The highest BCUT2D eigenvalue weighted by Gasteiger charge is 2.12. The molecule has 2 aromatic carbocycles. The van der Waals surface area contributed by atoms with Crippen molar-refractivity contribution in [3.63, 3.8) is 0 Å². The van der Waals surface area contributed by atoms with Crippen molar-refractivity contribution in [2.45, 2.75) is 13.0 Å². The van der Waals surface area contributed by atoms with Crippen molar-refractivity contribution in [2.75, 3.05) is 0 Å². The molecule has 0 unspecified atom stereocenters. The molecule has 0 aliphatic rings. The number of pyridine rings is 1. The van der Waals surface area contributed by atoms with Crippen molar-refractivity contribution >= 4 is 5.97 Å². The van der Waals surface area contributed by atoms with Gasteiger partial charge in [-0.05, 0) is 35.4 Å². The first kappa shape index (κ1) is 17.4. The van der Waals surface area contributed by atoms with Gasteiger partial charge in [0.1, 0.15) is 5.82 Å². The van der Waals surface area contributed by atoms with Crippen LogP contribution >= 0.6 is 0 Å². The molecule has 3 aromatic rings. The summed E-state index contributed by atoms with van der Waals surface area (Å²) >= 11 is 0. The molecule has 0 aliphatic carbocycles. The molecule has 0 saturated carbocycles. The third-order valence-electron chi connectivity index (χ3n) is 4.10. The summed E-state index contributed by atoms with van der Waals surface area (Å²) < 4.78 is 14.8. The van der Waals surface area contributed by atoms with Crippen LogP contribution in [0.1, 0.15) is 27.2 Å². The number of carboxylic acid groups (broad SMARTS) is 1. The van der Waals surface area contributed by atoms with Gasteiger partial charge in [-0.15, -0.1) is 0 Å². The van der Waals surface area contributed by atoms with Crippen molar-refractivity contribution in [3.05, 3.63) is 99.2 Å². The van der Waals surface area contributed by atoms with Crippen molar-refractivity contribution < 1.29 is 19.4 Å². The summed E-state index contributed by atoms with van der Waals surface area (Å²) in [6.45, 7) is 0.351.